The number of nitrogens with one attached hydrogen (secondary N) is 1. The van der Waals surface area contributed by atoms with Crippen LogP contribution in [0.25, 0.3) is 10.9 Å². The fourth-order valence-electron chi connectivity index (χ4n) is 3.76. The highest BCUT2D eigenvalue weighted by Crippen LogP contribution is 2.35. The van der Waals surface area contributed by atoms with Gasteiger partial charge in [-0.1, -0.05) is 38.5 Å². The van der Waals surface area contributed by atoms with E-state index in [0.717, 1.165) is 19.1 Å². The van der Waals surface area contributed by atoms with Gasteiger partial charge in [0.15, 0.2) is 0 Å². The largest absolute Gasteiger partial charge is 0.347 e. The predicted molar refractivity (Wildman–Crippen MR) is 90.6 cm³/mol. The molecule has 0 spiro atoms. The first kappa shape index (κ1) is 14.6. The average molecular weight is 284 g/mol. The molecule has 1 heterocycles. The summed E-state index contributed by atoms with van der Waals surface area (Å²) in [6.45, 7) is 7.06. The smallest absolute Gasteiger partial charge is 0.0480 e. The van der Waals surface area contributed by atoms with Crippen molar-refractivity contribution in [2.45, 2.75) is 58.5 Å². The van der Waals surface area contributed by atoms with Crippen molar-refractivity contribution in [3.05, 3.63) is 36.5 Å². The maximum atomic E-state index is 3.77. The maximum Gasteiger partial charge on any atom is 0.0480 e. The van der Waals surface area contributed by atoms with Crippen LogP contribution < -0.4 is 5.32 Å². The number of benzene rings is 1. The van der Waals surface area contributed by atoms with E-state index in [0.29, 0.717) is 5.41 Å². The zero-order valence-corrected chi connectivity index (χ0v) is 13.4. The van der Waals surface area contributed by atoms with Crippen LogP contribution >= 0.6 is 0 Å². The summed E-state index contributed by atoms with van der Waals surface area (Å²) in [5.74, 6) is 0. The molecule has 1 unspecified atom stereocenters. The number of hydrogen-bond acceptors (Lipinski definition) is 1. The second-order valence-electron chi connectivity index (χ2n) is 7.33. The van der Waals surface area contributed by atoms with Crippen molar-refractivity contribution >= 4 is 10.9 Å². The SMILES string of the molecule is CC1(C)CCCC(NCCCn2ccc3ccccc32)C1. The fourth-order valence-corrected chi connectivity index (χ4v) is 3.76. The highest BCUT2D eigenvalue weighted by molar-refractivity contribution is 5.79. The zero-order valence-electron chi connectivity index (χ0n) is 13.4. The lowest BCUT2D eigenvalue weighted by Gasteiger charge is -2.35. The number of hydrogen-bond donors (Lipinski definition) is 1. The van der Waals surface area contributed by atoms with Crippen LogP contribution in [0.15, 0.2) is 36.5 Å². The monoisotopic (exact) mass is 284 g/mol. The van der Waals surface area contributed by atoms with Gasteiger partial charge in [0, 0.05) is 24.3 Å². The molecule has 3 rings (SSSR count). The molecule has 114 valence electrons. The third-order valence-corrected chi connectivity index (χ3v) is 4.89. The van der Waals surface area contributed by atoms with Crippen molar-refractivity contribution < 1.29 is 0 Å². The Bertz CT molecular complexity index is 582. The van der Waals surface area contributed by atoms with Gasteiger partial charge in [0.25, 0.3) is 0 Å². The Labute approximate surface area is 128 Å². The van der Waals surface area contributed by atoms with Gasteiger partial charge < -0.3 is 9.88 Å². The van der Waals surface area contributed by atoms with Crippen LogP contribution in [-0.4, -0.2) is 17.2 Å². The summed E-state index contributed by atoms with van der Waals surface area (Å²) in [5.41, 5.74) is 1.89. The predicted octanol–water partition coefficient (Wildman–Crippen LogP) is 4.59. The van der Waals surface area contributed by atoms with Crippen LogP contribution in [0.1, 0.15) is 46.0 Å². The first-order valence-electron chi connectivity index (χ1n) is 8.41. The number of aryl methyl sites for hydroxylation is 1. The van der Waals surface area contributed by atoms with Crippen LogP contribution in [0, 0.1) is 5.41 Å². The van der Waals surface area contributed by atoms with Crippen LogP contribution in [0.2, 0.25) is 0 Å². The molecule has 1 fully saturated rings. The van der Waals surface area contributed by atoms with E-state index < -0.39 is 0 Å². The van der Waals surface area contributed by atoms with Gasteiger partial charge in [0.1, 0.15) is 0 Å². The van der Waals surface area contributed by atoms with Gasteiger partial charge in [0.2, 0.25) is 0 Å². The van der Waals surface area contributed by atoms with Crippen LogP contribution in [0.3, 0.4) is 0 Å². The lowest BCUT2D eigenvalue weighted by atomic mass is 9.75. The Kier molecular flexibility index (Phi) is 4.34. The normalized spacial score (nSPS) is 21.7. The van der Waals surface area contributed by atoms with E-state index in [4.69, 9.17) is 0 Å². The Hall–Kier alpha value is -1.28. The highest BCUT2D eigenvalue weighted by Gasteiger charge is 2.27. The molecule has 0 saturated heterocycles. The average Bonchev–Trinajstić information content (AvgIpc) is 2.86. The van der Waals surface area contributed by atoms with Gasteiger partial charge >= 0.3 is 0 Å². The van der Waals surface area contributed by atoms with E-state index in [-0.39, 0.29) is 0 Å². The van der Waals surface area contributed by atoms with Crippen molar-refractivity contribution in [3.63, 3.8) is 0 Å². The van der Waals surface area contributed by atoms with Gasteiger partial charge in [-0.05, 0) is 55.2 Å². The third-order valence-electron chi connectivity index (χ3n) is 4.89. The van der Waals surface area contributed by atoms with Crippen LogP contribution in [0.5, 0.6) is 0 Å². The summed E-state index contributed by atoms with van der Waals surface area (Å²) in [6.07, 6.45) is 8.88. The summed E-state index contributed by atoms with van der Waals surface area (Å²) in [7, 11) is 0. The number of para-hydroxylation sites is 1. The molecule has 2 nitrogen and oxygen atoms in total. The van der Waals surface area contributed by atoms with Crippen molar-refractivity contribution in [2.24, 2.45) is 5.41 Å². The van der Waals surface area contributed by atoms with Crippen LogP contribution in [0.4, 0.5) is 0 Å². The van der Waals surface area contributed by atoms with E-state index in [9.17, 15) is 0 Å². The Morgan fingerprint density at radius 2 is 2.10 bits per heavy atom. The molecule has 0 amide bonds. The molecule has 1 saturated carbocycles. The minimum Gasteiger partial charge on any atom is -0.347 e. The van der Waals surface area contributed by atoms with Gasteiger partial charge in [-0.15, -0.1) is 0 Å². The molecular weight excluding hydrogens is 256 g/mol. The van der Waals surface area contributed by atoms with Crippen molar-refractivity contribution in [3.8, 4) is 0 Å². The minimum atomic E-state index is 0.534. The summed E-state index contributed by atoms with van der Waals surface area (Å²) in [5, 5.41) is 5.12. The highest BCUT2D eigenvalue weighted by atomic mass is 15.0. The number of nitrogens with zero attached hydrogens (tertiary/aromatic N) is 1. The number of aromatic nitrogens is 1. The van der Waals surface area contributed by atoms with E-state index in [2.05, 4.69) is 60.3 Å². The van der Waals surface area contributed by atoms with Crippen molar-refractivity contribution in [2.75, 3.05) is 6.54 Å². The second-order valence-corrected chi connectivity index (χ2v) is 7.33. The lowest BCUT2D eigenvalue weighted by molar-refractivity contribution is 0.198. The first-order chi connectivity index (χ1) is 10.1. The molecule has 0 bridgehead atoms. The molecule has 1 aliphatic rings. The molecule has 1 aliphatic carbocycles. The summed E-state index contributed by atoms with van der Waals surface area (Å²) >= 11 is 0. The maximum absolute atomic E-state index is 3.77. The van der Waals surface area contributed by atoms with Gasteiger partial charge in [-0.3, -0.25) is 0 Å². The summed E-state index contributed by atoms with van der Waals surface area (Å²) in [4.78, 5) is 0. The Morgan fingerprint density at radius 1 is 1.24 bits per heavy atom. The zero-order chi connectivity index (χ0) is 14.7. The molecule has 1 N–H and O–H groups in total. The van der Waals surface area contributed by atoms with Gasteiger partial charge in [-0.2, -0.15) is 0 Å². The molecule has 0 radical (unpaired) electrons. The van der Waals surface area contributed by atoms with Gasteiger partial charge in [0.05, 0.1) is 0 Å². The topological polar surface area (TPSA) is 17.0 Å². The number of rotatable bonds is 5. The fraction of sp³-hybridized carbons (Fsp3) is 0.579. The second kappa shape index (κ2) is 6.23. The van der Waals surface area contributed by atoms with Gasteiger partial charge in [-0.25, -0.2) is 0 Å². The molecule has 21 heavy (non-hydrogen) atoms. The van der Waals surface area contributed by atoms with E-state index in [1.165, 1.54) is 43.0 Å². The standard InChI is InChI=1S/C19H28N2/c1-19(2)11-5-8-17(15-19)20-12-6-13-21-14-10-16-7-3-4-9-18(16)21/h3-4,7,9-10,14,17,20H,5-6,8,11-13,15H2,1-2H3. The molecular formula is C19H28N2. The quantitative estimate of drug-likeness (QED) is 0.795. The molecule has 1 aromatic heterocycles. The Balaban J connectivity index is 1.46. The molecule has 2 heteroatoms. The number of fused-ring (bicyclic) bond motifs is 1. The molecule has 1 atom stereocenters. The summed E-state index contributed by atoms with van der Waals surface area (Å²) in [6, 6.07) is 11.6. The minimum absolute atomic E-state index is 0.534. The molecule has 1 aromatic carbocycles. The van der Waals surface area contributed by atoms with E-state index in [1.54, 1.807) is 0 Å². The Morgan fingerprint density at radius 3 is 2.95 bits per heavy atom. The third kappa shape index (κ3) is 3.68. The summed E-state index contributed by atoms with van der Waals surface area (Å²) < 4.78 is 2.38. The first-order valence-corrected chi connectivity index (χ1v) is 8.41. The lowest BCUT2D eigenvalue weighted by Crippen LogP contribution is -2.37. The molecule has 2 aromatic rings. The van der Waals surface area contributed by atoms with E-state index >= 15 is 0 Å². The van der Waals surface area contributed by atoms with E-state index in [1.807, 2.05) is 0 Å². The molecule has 0 aliphatic heterocycles. The van der Waals surface area contributed by atoms with Crippen molar-refractivity contribution in [1.82, 2.24) is 9.88 Å². The van der Waals surface area contributed by atoms with Crippen LogP contribution in [-0.2, 0) is 6.54 Å². The van der Waals surface area contributed by atoms with Crippen molar-refractivity contribution in [1.29, 1.82) is 0 Å².